The molecule has 1 aliphatic carbocycles. The minimum Gasteiger partial charge on any atom is -0.432 e. The molecule has 146 valence electrons. The molecule has 1 aromatic carbocycles. The zero-order valence-electron chi connectivity index (χ0n) is 15.1. The Balaban J connectivity index is 0.00000240. The van der Waals surface area contributed by atoms with Gasteiger partial charge in [-0.15, -0.1) is 0 Å². The van der Waals surface area contributed by atoms with Crippen LogP contribution in [0.3, 0.4) is 0 Å². The highest BCUT2D eigenvalue weighted by molar-refractivity contribution is 5.91. The number of aromatic amines is 1. The number of pyridine rings is 1. The molecule has 0 bridgehead atoms. The number of hydrogen-bond donors (Lipinski definition) is 3. The van der Waals surface area contributed by atoms with Crippen molar-refractivity contribution in [2.75, 3.05) is 0 Å². The lowest BCUT2D eigenvalue weighted by atomic mass is 9.61. The van der Waals surface area contributed by atoms with Crippen molar-refractivity contribution in [2.45, 2.75) is 31.1 Å². The van der Waals surface area contributed by atoms with Gasteiger partial charge in [0.25, 0.3) is 11.5 Å². The maximum Gasteiger partial charge on any atom is 0.279 e. The van der Waals surface area contributed by atoms with Gasteiger partial charge in [-0.25, -0.2) is 8.78 Å². The molecule has 0 saturated heterocycles. The molecule has 0 amide bonds. The maximum atomic E-state index is 13.7. The zero-order valence-corrected chi connectivity index (χ0v) is 15.1. The van der Waals surface area contributed by atoms with E-state index in [1.807, 2.05) is 13.0 Å². The molecule has 28 heavy (non-hydrogen) atoms. The first-order chi connectivity index (χ1) is 13.3. The third-order valence-corrected chi connectivity index (χ3v) is 5.34. The van der Waals surface area contributed by atoms with E-state index < -0.39 is 30.1 Å². The molecule has 6 nitrogen and oxygen atoms in total. The molecule has 8 heteroatoms. The summed E-state index contributed by atoms with van der Waals surface area (Å²) in [5.41, 5.74) is 0.771. The molecule has 0 atom stereocenters. The Hall–Kier alpha value is -3.29. The maximum absolute atomic E-state index is 13.7. The molecule has 4 rings (SSSR count). The predicted molar refractivity (Wildman–Crippen MR) is 104 cm³/mol. The minimum absolute atomic E-state index is 0. The molecule has 1 saturated carbocycles. The molecule has 1 aliphatic rings. The van der Waals surface area contributed by atoms with Gasteiger partial charge in [-0.1, -0.05) is 12.1 Å². The molecule has 0 spiro atoms. The summed E-state index contributed by atoms with van der Waals surface area (Å²) in [6.45, 7) is 1.89. The molecule has 1 fully saturated rings. The largest absolute Gasteiger partial charge is 0.432 e. The van der Waals surface area contributed by atoms with Gasteiger partial charge in [-0.3, -0.25) is 20.2 Å². The van der Waals surface area contributed by atoms with Gasteiger partial charge in [-0.05, 0) is 36.2 Å². The van der Waals surface area contributed by atoms with E-state index in [9.17, 15) is 13.6 Å². The van der Waals surface area contributed by atoms with Gasteiger partial charge >= 0.3 is 0 Å². The van der Waals surface area contributed by atoms with Crippen LogP contribution in [0.5, 0.6) is 0 Å². The molecule has 0 aliphatic heterocycles. The summed E-state index contributed by atoms with van der Waals surface area (Å²) in [5, 5.41) is 15.9. The van der Waals surface area contributed by atoms with Crippen LogP contribution in [0.4, 0.5) is 8.78 Å². The highest BCUT2D eigenvalue weighted by Gasteiger charge is 2.61. The number of aromatic nitrogens is 2. The number of hydrogen-bond acceptors (Lipinski definition) is 4. The van der Waals surface area contributed by atoms with E-state index in [1.54, 1.807) is 36.7 Å². The van der Waals surface area contributed by atoms with Crippen LogP contribution in [0.1, 0.15) is 25.4 Å². The van der Waals surface area contributed by atoms with E-state index in [0.717, 1.165) is 10.9 Å². The molecule has 2 heterocycles. The second-order valence-corrected chi connectivity index (χ2v) is 7.16. The zero-order chi connectivity index (χ0) is 20.1. The summed E-state index contributed by atoms with van der Waals surface area (Å²) in [5.74, 6) is -3.29. The molecule has 0 unspecified atom stereocenters. The summed E-state index contributed by atoms with van der Waals surface area (Å²) in [7, 11) is 0. The Kier molecular flexibility index (Phi) is 3.95. The topological polar surface area (TPSA) is 94.7 Å². The van der Waals surface area contributed by atoms with Crippen molar-refractivity contribution in [1.29, 1.82) is 10.8 Å². The van der Waals surface area contributed by atoms with Crippen molar-refractivity contribution in [2.24, 2.45) is 0 Å². The standard InChI is InChI=1S/C20H18F2N4O2.H2/c1-12-8-26(17(27)16-15(12)5-6-25-16)14-4-2-3-13(7-14)19(18(24)28-11-23)9-20(21,22)10-19;/h2-8,11,23-25H,9-10H2,1H3;1H. The molecule has 3 aromatic rings. The summed E-state index contributed by atoms with van der Waals surface area (Å²) in [4.78, 5) is 15.8. The summed E-state index contributed by atoms with van der Waals surface area (Å²) in [6.07, 6.45) is 2.83. The van der Waals surface area contributed by atoms with Gasteiger partial charge < -0.3 is 9.72 Å². The minimum atomic E-state index is -2.90. The van der Waals surface area contributed by atoms with Crippen molar-refractivity contribution < 1.29 is 14.9 Å². The highest BCUT2D eigenvalue weighted by atomic mass is 19.3. The molecule has 0 radical (unpaired) electrons. The van der Waals surface area contributed by atoms with Crippen LogP contribution >= 0.6 is 0 Å². The average molecular weight is 386 g/mol. The number of nitrogens with zero attached hydrogens (tertiary/aromatic N) is 1. The van der Waals surface area contributed by atoms with Gasteiger partial charge in [0.1, 0.15) is 5.52 Å². The number of benzene rings is 1. The van der Waals surface area contributed by atoms with Gasteiger partial charge in [-0.2, -0.15) is 0 Å². The number of aryl methyl sites for hydroxylation is 1. The lowest BCUT2D eigenvalue weighted by Gasteiger charge is -2.46. The van der Waals surface area contributed by atoms with Crippen LogP contribution in [0.25, 0.3) is 16.6 Å². The second kappa shape index (κ2) is 6.12. The van der Waals surface area contributed by atoms with Crippen LogP contribution in [0.15, 0.2) is 47.5 Å². The van der Waals surface area contributed by atoms with E-state index in [-0.39, 0.29) is 6.99 Å². The predicted octanol–water partition coefficient (Wildman–Crippen LogP) is 4.14. The Morgan fingerprint density at radius 3 is 2.79 bits per heavy atom. The van der Waals surface area contributed by atoms with E-state index in [1.165, 1.54) is 4.57 Å². The summed E-state index contributed by atoms with van der Waals surface area (Å²) >= 11 is 0. The number of fused-ring (bicyclic) bond motifs is 1. The van der Waals surface area contributed by atoms with E-state index in [0.29, 0.717) is 23.2 Å². The highest BCUT2D eigenvalue weighted by Crippen LogP contribution is 2.54. The molecular formula is C20H20F2N4O2. The first-order valence-corrected chi connectivity index (χ1v) is 8.70. The number of rotatable bonds is 4. The van der Waals surface area contributed by atoms with Crippen molar-refractivity contribution in [3.8, 4) is 5.69 Å². The number of ether oxygens (including phenoxy) is 1. The number of nitrogens with one attached hydrogen (secondary N) is 3. The first-order valence-electron chi connectivity index (χ1n) is 8.70. The van der Waals surface area contributed by atoms with Gasteiger partial charge in [0.05, 0.1) is 5.41 Å². The molecular weight excluding hydrogens is 366 g/mol. The smallest absolute Gasteiger partial charge is 0.279 e. The fraction of sp³-hybridized carbons (Fsp3) is 0.250. The number of alkyl halides is 2. The van der Waals surface area contributed by atoms with Crippen LogP contribution in [0, 0.1) is 17.7 Å². The Bertz CT molecular complexity index is 1160. The monoisotopic (exact) mass is 386 g/mol. The van der Waals surface area contributed by atoms with E-state index >= 15 is 0 Å². The van der Waals surface area contributed by atoms with Crippen molar-refractivity contribution in [3.63, 3.8) is 0 Å². The normalized spacial score (nSPS) is 17.1. The average Bonchev–Trinajstić information content (AvgIpc) is 3.13. The third kappa shape index (κ3) is 2.64. The van der Waals surface area contributed by atoms with Gasteiger partial charge in [0, 0.05) is 37.7 Å². The van der Waals surface area contributed by atoms with Crippen molar-refractivity contribution in [3.05, 3.63) is 64.2 Å². The van der Waals surface area contributed by atoms with Gasteiger partial charge in [0.15, 0.2) is 12.3 Å². The summed E-state index contributed by atoms with van der Waals surface area (Å²) in [6, 6.07) is 8.48. The third-order valence-electron chi connectivity index (χ3n) is 5.34. The Morgan fingerprint density at radius 1 is 1.36 bits per heavy atom. The Morgan fingerprint density at radius 2 is 2.11 bits per heavy atom. The SMILES string of the molecule is Cc1cn(-c2cccc(C3(C(=N)OC=N)CC(F)(F)C3)c2)c(=O)c2[nH]ccc12.[HH]. The quantitative estimate of drug-likeness (QED) is 0.464. The number of halogens is 2. The fourth-order valence-corrected chi connectivity index (χ4v) is 3.96. The van der Waals surface area contributed by atoms with E-state index in [4.69, 9.17) is 15.6 Å². The van der Waals surface area contributed by atoms with Crippen LogP contribution < -0.4 is 5.56 Å². The number of H-pyrrole nitrogens is 1. The van der Waals surface area contributed by atoms with Crippen LogP contribution in [0.2, 0.25) is 0 Å². The van der Waals surface area contributed by atoms with E-state index in [2.05, 4.69) is 4.98 Å². The first kappa shape index (κ1) is 18.1. The second-order valence-electron chi connectivity index (χ2n) is 7.16. The Labute approximate surface area is 160 Å². The lowest BCUT2D eigenvalue weighted by Crippen LogP contribution is -2.54. The summed E-state index contributed by atoms with van der Waals surface area (Å²) < 4.78 is 33.8. The fourth-order valence-electron chi connectivity index (χ4n) is 3.96. The lowest BCUT2D eigenvalue weighted by molar-refractivity contribution is -0.109. The van der Waals surface area contributed by atoms with Crippen molar-refractivity contribution >= 4 is 23.2 Å². The molecule has 2 aromatic heterocycles. The van der Waals surface area contributed by atoms with Crippen molar-refractivity contribution in [1.82, 2.24) is 9.55 Å². The van der Waals surface area contributed by atoms with Crippen LogP contribution in [-0.4, -0.2) is 27.8 Å². The van der Waals surface area contributed by atoms with Gasteiger partial charge in [0.2, 0.25) is 0 Å². The van der Waals surface area contributed by atoms with Crippen LogP contribution in [-0.2, 0) is 10.2 Å². The molecule has 3 N–H and O–H groups in total.